The SMILES string of the molecule is C=N[C@H](CF)[C@H](OC)c1ccc(-c2cn[nH]c2)cc1. The predicted octanol–water partition coefficient (Wildman–Crippen LogP) is 2.80. The maximum absolute atomic E-state index is 12.9. The molecule has 19 heavy (non-hydrogen) atoms. The summed E-state index contributed by atoms with van der Waals surface area (Å²) in [6.07, 6.45) is 3.15. The van der Waals surface area contributed by atoms with Gasteiger partial charge in [-0.1, -0.05) is 24.3 Å². The number of aliphatic imine (C=N–C) groups is 1. The first-order chi connectivity index (χ1) is 9.30. The van der Waals surface area contributed by atoms with Gasteiger partial charge in [-0.3, -0.25) is 10.1 Å². The van der Waals surface area contributed by atoms with Crippen molar-refractivity contribution in [3.63, 3.8) is 0 Å². The number of hydrogen-bond donors (Lipinski definition) is 1. The van der Waals surface area contributed by atoms with Gasteiger partial charge in [0.2, 0.25) is 0 Å². The number of nitrogens with one attached hydrogen (secondary N) is 1. The predicted molar refractivity (Wildman–Crippen MR) is 73.1 cm³/mol. The van der Waals surface area contributed by atoms with Crippen LogP contribution in [0.5, 0.6) is 0 Å². The molecule has 1 aromatic carbocycles. The van der Waals surface area contributed by atoms with Gasteiger partial charge in [0.05, 0.1) is 6.20 Å². The number of methoxy groups -OCH3 is 1. The molecular weight excluding hydrogens is 245 g/mol. The molecular formula is C14H16FN3O. The summed E-state index contributed by atoms with van der Waals surface area (Å²) in [6.45, 7) is 2.81. The lowest BCUT2D eigenvalue weighted by atomic mass is 10.0. The fraction of sp³-hybridized carbons (Fsp3) is 0.286. The maximum Gasteiger partial charge on any atom is 0.115 e. The number of aromatic nitrogens is 2. The number of hydrogen-bond acceptors (Lipinski definition) is 3. The highest BCUT2D eigenvalue weighted by atomic mass is 19.1. The van der Waals surface area contributed by atoms with Crippen molar-refractivity contribution in [1.29, 1.82) is 0 Å². The van der Waals surface area contributed by atoms with E-state index in [0.29, 0.717) is 0 Å². The smallest absolute Gasteiger partial charge is 0.115 e. The Morgan fingerprint density at radius 1 is 1.37 bits per heavy atom. The summed E-state index contributed by atoms with van der Waals surface area (Å²) in [6, 6.07) is 7.13. The van der Waals surface area contributed by atoms with Gasteiger partial charge >= 0.3 is 0 Å². The van der Waals surface area contributed by atoms with E-state index in [9.17, 15) is 4.39 Å². The summed E-state index contributed by atoms with van der Waals surface area (Å²) in [5.74, 6) is 0. The Kier molecular flexibility index (Phi) is 4.41. The molecule has 4 nitrogen and oxygen atoms in total. The van der Waals surface area contributed by atoms with Crippen LogP contribution in [0.1, 0.15) is 11.7 Å². The van der Waals surface area contributed by atoms with Crippen molar-refractivity contribution in [2.45, 2.75) is 12.1 Å². The summed E-state index contributed by atoms with van der Waals surface area (Å²) in [7, 11) is 1.54. The normalized spacial score (nSPS) is 14.0. The van der Waals surface area contributed by atoms with Gasteiger partial charge in [0.1, 0.15) is 18.8 Å². The van der Waals surface area contributed by atoms with E-state index in [1.165, 1.54) is 0 Å². The topological polar surface area (TPSA) is 50.3 Å². The summed E-state index contributed by atoms with van der Waals surface area (Å²) < 4.78 is 18.2. The number of halogens is 1. The second kappa shape index (κ2) is 6.24. The lowest BCUT2D eigenvalue weighted by molar-refractivity contribution is 0.0732. The third-order valence-corrected chi connectivity index (χ3v) is 3.07. The van der Waals surface area contributed by atoms with Crippen LogP contribution in [0.15, 0.2) is 41.7 Å². The molecule has 100 valence electrons. The fourth-order valence-corrected chi connectivity index (χ4v) is 2.01. The fourth-order valence-electron chi connectivity index (χ4n) is 2.01. The Hall–Kier alpha value is -2.01. The van der Waals surface area contributed by atoms with Crippen LogP contribution in [0.25, 0.3) is 11.1 Å². The van der Waals surface area contributed by atoms with Crippen LogP contribution in [0, 0.1) is 0 Å². The molecule has 0 spiro atoms. The average molecular weight is 261 g/mol. The molecule has 0 bridgehead atoms. The molecule has 0 aliphatic heterocycles. The van der Waals surface area contributed by atoms with Gasteiger partial charge in [-0.15, -0.1) is 0 Å². The Morgan fingerprint density at radius 2 is 2.11 bits per heavy atom. The van der Waals surface area contributed by atoms with Gasteiger partial charge in [0, 0.05) is 18.9 Å². The van der Waals surface area contributed by atoms with E-state index in [1.807, 2.05) is 30.5 Å². The Bertz CT molecular complexity index is 510. The number of aromatic amines is 1. The number of nitrogens with zero attached hydrogens (tertiary/aromatic N) is 2. The van der Waals surface area contributed by atoms with Gasteiger partial charge < -0.3 is 4.74 Å². The van der Waals surface area contributed by atoms with Gasteiger partial charge in [0.15, 0.2) is 0 Å². The monoisotopic (exact) mass is 261 g/mol. The molecule has 2 aromatic rings. The van der Waals surface area contributed by atoms with E-state index < -0.39 is 18.8 Å². The van der Waals surface area contributed by atoms with E-state index in [4.69, 9.17) is 4.74 Å². The highest BCUT2D eigenvalue weighted by Gasteiger charge is 2.21. The number of benzene rings is 1. The molecule has 2 atom stereocenters. The molecule has 0 unspecified atom stereocenters. The van der Waals surface area contributed by atoms with Gasteiger partial charge in [0.25, 0.3) is 0 Å². The standard InChI is InChI=1S/C14H16FN3O/c1-16-13(7-15)14(19-2)11-5-3-10(4-6-11)12-8-17-18-9-12/h3-6,8-9,13-14H,1,7H2,2H3,(H,17,18)/t13-,14-/m1/s1. The molecule has 2 rings (SSSR count). The quantitative estimate of drug-likeness (QED) is 0.813. The summed E-state index contributed by atoms with van der Waals surface area (Å²) in [5, 5.41) is 6.67. The zero-order valence-electron chi connectivity index (χ0n) is 10.7. The highest BCUT2D eigenvalue weighted by molar-refractivity contribution is 5.61. The third kappa shape index (κ3) is 2.88. The van der Waals surface area contributed by atoms with Crippen molar-refractivity contribution in [2.24, 2.45) is 4.99 Å². The first-order valence-electron chi connectivity index (χ1n) is 5.94. The zero-order chi connectivity index (χ0) is 13.7. The Balaban J connectivity index is 2.23. The van der Waals surface area contributed by atoms with Crippen LogP contribution < -0.4 is 0 Å². The molecule has 1 aromatic heterocycles. The average Bonchev–Trinajstić information content (AvgIpc) is 2.99. The molecule has 0 saturated carbocycles. The second-order valence-corrected chi connectivity index (χ2v) is 4.17. The van der Waals surface area contributed by atoms with Crippen LogP contribution in [-0.4, -0.2) is 36.7 Å². The molecule has 0 aliphatic rings. The molecule has 1 heterocycles. The molecule has 1 N–H and O–H groups in total. The second-order valence-electron chi connectivity index (χ2n) is 4.17. The zero-order valence-corrected chi connectivity index (χ0v) is 10.7. The van der Waals surface area contributed by atoms with E-state index >= 15 is 0 Å². The molecule has 0 amide bonds. The van der Waals surface area contributed by atoms with Gasteiger partial charge in [-0.05, 0) is 17.8 Å². The number of H-pyrrole nitrogens is 1. The van der Waals surface area contributed by atoms with Crippen LogP contribution in [0.4, 0.5) is 4.39 Å². The van der Waals surface area contributed by atoms with Crippen molar-refractivity contribution in [1.82, 2.24) is 10.2 Å². The first kappa shape index (κ1) is 13.4. The van der Waals surface area contributed by atoms with Crippen molar-refractivity contribution in [3.05, 3.63) is 42.2 Å². The lowest BCUT2D eigenvalue weighted by Gasteiger charge is -2.20. The molecule has 5 heteroatoms. The van der Waals surface area contributed by atoms with Gasteiger partial charge in [-0.2, -0.15) is 5.10 Å². The minimum absolute atomic E-state index is 0.416. The minimum atomic E-state index is -0.592. The van der Waals surface area contributed by atoms with E-state index in [-0.39, 0.29) is 0 Å². The van der Waals surface area contributed by atoms with Crippen LogP contribution in [0.2, 0.25) is 0 Å². The molecule has 0 radical (unpaired) electrons. The largest absolute Gasteiger partial charge is 0.374 e. The first-order valence-corrected chi connectivity index (χ1v) is 5.94. The minimum Gasteiger partial charge on any atom is -0.374 e. The van der Waals surface area contributed by atoms with E-state index in [1.54, 1.807) is 13.3 Å². The van der Waals surface area contributed by atoms with E-state index in [2.05, 4.69) is 21.9 Å². The molecule has 0 saturated heterocycles. The Labute approximate surface area is 111 Å². The number of ether oxygens (including phenoxy) is 1. The summed E-state index contributed by atoms with van der Waals surface area (Å²) >= 11 is 0. The summed E-state index contributed by atoms with van der Waals surface area (Å²) in [5.41, 5.74) is 2.92. The van der Waals surface area contributed by atoms with E-state index in [0.717, 1.165) is 16.7 Å². The lowest BCUT2D eigenvalue weighted by Crippen LogP contribution is -2.20. The van der Waals surface area contributed by atoms with Crippen LogP contribution in [-0.2, 0) is 4.74 Å². The van der Waals surface area contributed by atoms with Crippen molar-refractivity contribution in [3.8, 4) is 11.1 Å². The van der Waals surface area contributed by atoms with Crippen molar-refractivity contribution in [2.75, 3.05) is 13.8 Å². The van der Waals surface area contributed by atoms with Crippen LogP contribution in [0.3, 0.4) is 0 Å². The molecule has 0 fully saturated rings. The van der Waals surface area contributed by atoms with Crippen molar-refractivity contribution >= 4 is 6.72 Å². The van der Waals surface area contributed by atoms with Crippen LogP contribution >= 0.6 is 0 Å². The third-order valence-electron chi connectivity index (χ3n) is 3.07. The highest BCUT2D eigenvalue weighted by Crippen LogP contribution is 2.26. The Morgan fingerprint density at radius 3 is 2.58 bits per heavy atom. The maximum atomic E-state index is 12.9. The number of alkyl halides is 1. The van der Waals surface area contributed by atoms with Gasteiger partial charge in [-0.25, -0.2) is 4.39 Å². The van der Waals surface area contributed by atoms with Crippen molar-refractivity contribution < 1.29 is 9.13 Å². The molecule has 0 aliphatic carbocycles. The summed E-state index contributed by atoms with van der Waals surface area (Å²) in [4.78, 5) is 3.76. The number of rotatable bonds is 6.